The molecule has 0 aliphatic carbocycles. The Morgan fingerprint density at radius 3 is 2.04 bits per heavy atom. The summed E-state index contributed by atoms with van der Waals surface area (Å²) in [6, 6.07) is 17.9. The van der Waals surface area contributed by atoms with Crippen LogP contribution >= 0.6 is 11.6 Å². The molecule has 3 rings (SSSR count). The van der Waals surface area contributed by atoms with E-state index >= 15 is 0 Å². The Hall–Kier alpha value is -2.65. The summed E-state index contributed by atoms with van der Waals surface area (Å²) in [5, 5.41) is 0.475. The smallest absolute Gasteiger partial charge is 0.417 e. The van der Waals surface area contributed by atoms with Gasteiger partial charge in [-0.2, -0.15) is 0 Å². The minimum atomic E-state index is -0.714. The molecule has 0 atom stereocenters. The summed E-state index contributed by atoms with van der Waals surface area (Å²) in [6.07, 6.45) is 18.8. The largest absolute Gasteiger partial charge is 1.00 e. The summed E-state index contributed by atoms with van der Waals surface area (Å²) in [4.78, 5) is 27.6. The molecule has 0 bridgehead atoms. The lowest BCUT2D eigenvalue weighted by Gasteiger charge is -2.20. The van der Waals surface area contributed by atoms with Gasteiger partial charge in [-0.15, -0.1) is 0 Å². The summed E-state index contributed by atoms with van der Waals surface area (Å²) in [7, 11) is 0. The van der Waals surface area contributed by atoms with Crippen molar-refractivity contribution in [3.8, 4) is 5.75 Å². The van der Waals surface area contributed by atoms with Crippen molar-refractivity contribution >= 4 is 23.6 Å². The number of halogens is 2. The zero-order valence-corrected chi connectivity index (χ0v) is 29.9. The molecule has 0 saturated carbocycles. The highest BCUT2D eigenvalue weighted by Crippen LogP contribution is 2.26. The van der Waals surface area contributed by atoms with Gasteiger partial charge >= 0.3 is 6.09 Å². The molecule has 0 radical (unpaired) electrons. The first-order valence-electron chi connectivity index (χ1n) is 16.4. The van der Waals surface area contributed by atoms with E-state index in [0.29, 0.717) is 22.9 Å². The van der Waals surface area contributed by atoms with E-state index in [1.807, 2.05) is 54.2 Å². The van der Waals surface area contributed by atoms with Crippen molar-refractivity contribution in [3.05, 3.63) is 94.8 Å². The van der Waals surface area contributed by atoms with Crippen molar-refractivity contribution in [3.63, 3.8) is 0 Å². The SMILES string of the molecule is CCCCCCCCCCCCCCOc1ccc(COC(=O)N(Cc2ccc[n+](CC)c2)C(=O)c2ccccc2)cc1Cl.[I-]. The highest BCUT2D eigenvalue weighted by molar-refractivity contribution is 6.32. The number of pyridine rings is 1. The molecule has 0 saturated heterocycles. The minimum absolute atomic E-state index is 0. The molecule has 246 valence electrons. The van der Waals surface area contributed by atoms with Crippen LogP contribution in [0, 0.1) is 0 Å². The van der Waals surface area contributed by atoms with E-state index in [9.17, 15) is 9.59 Å². The third-order valence-corrected chi connectivity index (χ3v) is 8.02. The van der Waals surface area contributed by atoms with Crippen LogP contribution in [0.15, 0.2) is 73.1 Å². The normalized spacial score (nSPS) is 10.6. The maximum Gasteiger partial charge on any atom is 0.417 e. The van der Waals surface area contributed by atoms with Gasteiger partial charge in [0.2, 0.25) is 0 Å². The van der Waals surface area contributed by atoms with E-state index in [1.54, 1.807) is 30.3 Å². The van der Waals surface area contributed by atoms with Gasteiger partial charge in [0, 0.05) is 17.2 Å². The molecule has 45 heavy (non-hydrogen) atoms. The molecule has 0 spiro atoms. The Kier molecular flexibility index (Phi) is 19.5. The van der Waals surface area contributed by atoms with Crippen LogP contribution in [-0.4, -0.2) is 23.5 Å². The van der Waals surface area contributed by atoms with Crippen LogP contribution in [0.1, 0.15) is 112 Å². The predicted molar refractivity (Wildman–Crippen MR) is 177 cm³/mol. The molecule has 0 fully saturated rings. The standard InChI is InChI=1S/C37H50ClN2O4.HI/c1-3-5-6-7-8-9-10-11-12-13-14-18-26-43-35-24-23-31(27-34(35)38)30-44-37(42)40(36(41)33-21-16-15-17-22-33)29-32-20-19-25-39(4-2)28-32;/h15-17,19-25,27-28H,3-14,18,26,29-30H2,1-2H3;1H/q+1;/p-1. The van der Waals surface area contributed by atoms with Crippen LogP contribution in [0.4, 0.5) is 4.79 Å². The molecule has 0 aliphatic heterocycles. The molecule has 1 aromatic heterocycles. The third-order valence-electron chi connectivity index (χ3n) is 7.73. The van der Waals surface area contributed by atoms with Gasteiger partial charge in [-0.05, 0) is 49.2 Å². The van der Waals surface area contributed by atoms with E-state index in [1.165, 1.54) is 64.2 Å². The number of benzene rings is 2. The fraction of sp³-hybridized carbons (Fsp3) is 0.486. The zero-order chi connectivity index (χ0) is 31.4. The number of carbonyl (C=O) groups excluding carboxylic acids is 2. The third kappa shape index (κ3) is 14.5. The lowest BCUT2D eigenvalue weighted by molar-refractivity contribution is -0.694. The molecule has 0 N–H and O–H groups in total. The number of hydrogen-bond acceptors (Lipinski definition) is 4. The van der Waals surface area contributed by atoms with Gasteiger partial charge in [0.15, 0.2) is 12.4 Å². The minimum Gasteiger partial charge on any atom is -1.00 e. The molecule has 1 heterocycles. The fourth-order valence-electron chi connectivity index (χ4n) is 5.10. The highest BCUT2D eigenvalue weighted by Gasteiger charge is 2.25. The molecular weight excluding hydrogens is 699 g/mol. The number of hydrogen-bond donors (Lipinski definition) is 0. The van der Waals surface area contributed by atoms with E-state index < -0.39 is 12.0 Å². The molecule has 0 unspecified atom stereocenters. The summed E-state index contributed by atoms with van der Waals surface area (Å²) < 4.78 is 13.5. The van der Waals surface area contributed by atoms with E-state index in [4.69, 9.17) is 21.1 Å². The first kappa shape index (κ1) is 38.5. The van der Waals surface area contributed by atoms with Crippen molar-refractivity contribution in [1.29, 1.82) is 0 Å². The summed E-state index contributed by atoms with van der Waals surface area (Å²) >= 11 is 6.49. The summed E-state index contributed by atoms with van der Waals surface area (Å²) in [5.41, 5.74) is 1.96. The molecular formula is C37H50ClIN2O4. The Bertz CT molecular complexity index is 1270. The van der Waals surface area contributed by atoms with Gasteiger partial charge < -0.3 is 33.5 Å². The lowest BCUT2D eigenvalue weighted by atomic mass is 10.1. The number of ether oxygens (including phenoxy) is 2. The van der Waals surface area contributed by atoms with Crippen molar-refractivity contribution in [1.82, 2.24) is 4.90 Å². The van der Waals surface area contributed by atoms with Crippen molar-refractivity contribution in [2.24, 2.45) is 0 Å². The molecule has 2 amide bonds. The van der Waals surface area contributed by atoms with Crippen LogP contribution in [0.2, 0.25) is 5.02 Å². The van der Waals surface area contributed by atoms with Gasteiger partial charge in [0.1, 0.15) is 18.9 Å². The first-order chi connectivity index (χ1) is 21.5. The number of nitrogens with zero attached hydrogens (tertiary/aromatic N) is 2. The monoisotopic (exact) mass is 748 g/mol. The quantitative estimate of drug-likeness (QED) is 0.0733. The number of rotatable bonds is 20. The van der Waals surface area contributed by atoms with Gasteiger partial charge in [-0.3, -0.25) is 4.79 Å². The average Bonchev–Trinajstić information content (AvgIpc) is 3.05. The van der Waals surface area contributed by atoms with Crippen LogP contribution in [-0.2, 0) is 24.4 Å². The maximum absolute atomic E-state index is 13.3. The second-order valence-corrected chi connectivity index (χ2v) is 11.8. The van der Waals surface area contributed by atoms with Crippen LogP contribution in [0.25, 0.3) is 0 Å². The van der Waals surface area contributed by atoms with Crippen LogP contribution in [0.3, 0.4) is 0 Å². The van der Waals surface area contributed by atoms with E-state index in [2.05, 4.69) is 6.92 Å². The van der Waals surface area contributed by atoms with E-state index in [-0.39, 0.29) is 37.1 Å². The van der Waals surface area contributed by atoms with Crippen molar-refractivity contribution < 1.29 is 47.6 Å². The summed E-state index contributed by atoms with van der Waals surface area (Å²) in [5.74, 6) is 0.209. The number of amides is 2. The van der Waals surface area contributed by atoms with Crippen molar-refractivity contribution in [2.75, 3.05) is 6.61 Å². The molecule has 2 aromatic carbocycles. The molecule has 3 aromatic rings. The second-order valence-electron chi connectivity index (χ2n) is 11.4. The predicted octanol–water partition coefficient (Wildman–Crippen LogP) is 6.71. The highest BCUT2D eigenvalue weighted by atomic mass is 127. The number of aromatic nitrogens is 1. The Morgan fingerprint density at radius 2 is 1.42 bits per heavy atom. The van der Waals surface area contributed by atoms with Crippen molar-refractivity contribution in [2.45, 2.75) is 111 Å². The van der Waals surface area contributed by atoms with Gasteiger partial charge in [0.25, 0.3) is 5.91 Å². The van der Waals surface area contributed by atoms with Gasteiger partial charge in [0.05, 0.1) is 18.2 Å². The maximum atomic E-state index is 13.3. The van der Waals surface area contributed by atoms with E-state index in [0.717, 1.165) is 35.4 Å². The second kappa shape index (κ2) is 22.8. The number of aryl methyl sites for hydroxylation is 1. The van der Waals surface area contributed by atoms with Crippen LogP contribution < -0.4 is 33.3 Å². The topological polar surface area (TPSA) is 59.7 Å². The fourth-order valence-corrected chi connectivity index (χ4v) is 5.36. The lowest BCUT2D eigenvalue weighted by Crippen LogP contribution is -3.00. The molecule has 8 heteroatoms. The molecule has 0 aliphatic rings. The summed E-state index contributed by atoms with van der Waals surface area (Å²) in [6.45, 7) is 5.79. The number of unbranched alkanes of at least 4 members (excludes halogenated alkanes) is 11. The molecule has 6 nitrogen and oxygen atoms in total. The average molecular weight is 749 g/mol. The Balaban J connectivity index is 0.00000705. The Labute approximate surface area is 292 Å². The first-order valence-corrected chi connectivity index (χ1v) is 16.8. The van der Waals surface area contributed by atoms with Gasteiger partial charge in [-0.1, -0.05) is 113 Å². The van der Waals surface area contributed by atoms with Gasteiger partial charge in [-0.25, -0.2) is 14.3 Å². The zero-order valence-electron chi connectivity index (χ0n) is 27.0. The Morgan fingerprint density at radius 1 is 0.778 bits per heavy atom. The number of imide groups is 1. The number of carbonyl (C=O) groups is 2. The van der Waals surface area contributed by atoms with Crippen LogP contribution in [0.5, 0.6) is 5.75 Å².